The molecule has 1 nitrogen and oxygen atoms in total. The number of hydrogen-bond donors (Lipinski definition) is 0. The molecule has 1 heteroatoms. The minimum atomic E-state index is 1.21. The smallest absolute Gasteiger partial charge is 0.0273 e. The van der Waals surface area contributed by atoms with E-state index in [9.17, 15) is 0 Å². The Morgan fingerprint density at radius 3 is 1.56 bits per heavy atom. The van der Waals surface area contributed by atoms with Crippen LogP contribution in [0.1, 0.15) is 115 Å². The van der Waals surface area contributed by atoms with E-state index in [0.717, 1.165) is 0 Å². The summed E-state index contributed by atoms with van der Waals surface area (Å²) in [5, 5.41) is 0. The van der Waals surface area contributed by atoms with Gasteiger partial charge in [0.15, 0.2) is 0 Å². The van der Waals surface area contributed by atoms with Crippen molar-refractivity contribution < 1.29 is 0 Å². The molecule has 1 rings (SSSR count). The maximum atomic E-state index is 4.04. The van der Waals surface area contributed by atoms with Gasteiger partial charge in [-0.1, -0.05) is 109 Å². The second-order valence-electron chi connectivity index (χ2n) is 7.42. The molecule has 0 aliphatic carbocycles. The van der Waals surface area contributed by atoms with Crippen molar-refractivity contribution in [1.82, 2.24) is 4.98 Å². The second-order valence-corrected chi connectivity index (χ2v) is 7.42. The van der Waals surface area contributed by atoms with Crippen LogP contribution in [0.2, 0.25) is 0 Å². The van der Waals surface area contributed by atoms with Gasteiger partial charge in [0.05, 0.1) is 0 Å². The Bertz CT molecular complexity index is 396. The molecule has 0 amide bonds. The van der Waals surface area contributed by atoms with E-state index in [0.29, 0.717) is 0 Å². The zero-order valence-corrected chi connectivity index (χ0v) is 16.7. The third kappa shape index (κ3) is 14.9. The van der Waals surface area contributed by atoms with Crippen LogP contribution in [0.5, 0.6) is 0 Å². The monoisotopic (exact) mass is 343 g/mol. The van der Waals surface area contributed by atoms with Crippen molar-refractivity contribution in [2.75, 3.05) is 0 Å². The molecule has 1 aromatic rings. The third-order valence-corrected chi connectivity index (χ3v) is 4.99. The zero-order chi connectivity index (χ0) is 17.8. The van der Waals surface area contributed by atoms with E-state index in [1.165, 1.54) is 108 Å². The van der Waals surface area contributed by atoms with Gasteiger partial charge in [0, 0.05) is 12.4 Å². The van der Waals surface area contributed by atoms with Crippen LogP contribution in [-0.4, -0.2) is 4.98 Å². The molecule has 1 aromatic heterocycles. The lowest BCUT2D eigenvalue weighted by Crippen LogP contribution is -1.83. The summed E-state index contributed by atoms with van der Waals surface area (Å²) in [5.41, 5.74) is 1.26. The van der Waals surface area contributed by atoms with Gasteiger partial charge in [-0.3, -0.25) is 4.98 Å². The van der Waals surface area contributed by atoms with Crippen LogP contribution in [0.15, 0.2) is 30.6 Å². The van der Waals surface area contributed by atoms with Gasteiger partial charge in [0.1, 0.15) is 0 Å². The highest BCUT2D eigenvalue weighted by Crippen LogP contribution is 2.14. The minimum Gasteiger partial charge on any atom is -0.265 e. The highest BCUT2D eigenvalue weighted by Gasteiger charge is 1.94. The SMILES string of the molecule is CCCCCCCCCCCCCCCCCC=Cc1ccncc1. The first-order valence-electron chi connectivity index (χ1n) is 11.0. The Balaban J connectivity index is 1.74. The number of hydrogen-bond acceptors (Lipinski definition) is 1. The third-order valence-electron chi connectivity index (χ3n) is 4.99. The predicted octanol–water partition coefficient (Wildman–Crippen LogP) is 8.36. The number of rotatable bonds is 17. The highest BCUT2D eigenvalue weighted by molar-refractivity contribution is 5.47. The molecule has 142 valence electrons. The van der Waals surface area contributed by atoms with Gasteiger partial charge >= 0.3 is 0 Å². The molecule has 1 heterocycles. The van der Waals surface area contributed by atoms with Crippen molar-refractivity contribution in [3.05, 3.63) is 36.2 Å². The molecule has 0 unspecified atom stereocenters. The number of pyridine rings is 1. The average molecular weight is 344 g/mol. The van der Waals surface area contributed by atoms with E-state index in [4.69, 9.17) is 0 Å². The van der Waals surface area contributed by atoms with Gasteiger partial charge < -0.3 is 0 Å². The first-order valence-corrected chi connectivity index (χ1v) is 11.0. The molecule has 0 atom stereocenters. The molecule has 0 aliphatic rings. The zero-order valence-electron chi connectivity index (χ0n) is 16.7. The molecule has 0 radical (unpaired) electrons. The van der Waals surface area contributed by atoms with E-state index in [1.54, 1.807) is 0 Å². The van der Waals surface area contributed by atoms with Crippen molar-refractivity contribution in [2.24, 2.45) is 0 Å². The number of aromatic nitrogens is 1. The summed E-state index contributed by atoms with van der Waals surface area (Å²) in [5.74, 6) is 0. The van der Waals surface area contributed by atoms with Crippen LogP contribution >= 0.6 is 0 Å². The standard InChI is InChI=1S/C24H41N/c1-2-3-4-5-6-7-8-9-10-11-12-13-14-15-16-17-18-19-24-20-22-25-23-21-24/h18-23H,2-17H2,1H3. The lowest BCUT2D eigenvalue weighted by Gasteiger charge is -2.03. The first kappa shape index (κ1) is 21.9. The van der Waals surface area contributed by atoms with Gasteiger partial charge in [-0.05, 0) is 30.5 Å². The van der Waals surface area contributed by atoms with Crippen LogP contribution in [0, 0.1) is 0 Å². The molecular formula is C24H41N. The van der Waals surface area contributed by atoms with Crippen molar-refractivity contribution in [3.8, 4) is 0 Å². The highest BCUT2D eigenvalue weighted by atomic mass is 14.6. The molecule has 0 bridgehead atoms. The van der Waals surface area contributed by atoms with E-state index in [1.807, 2.05) is 12.4 Å². The molecule has 0 fully saturated rings. The van der Waals surface area contributed by atoms with Crippen molar-refractivity contribution in [3.63, 3.8) is 0 Å². The van der Waals surface area contributed by atoms with Gasteiger partial charge in [0.2, 0.25) is 0 Å². The minimum absolute atomic E-state index is 1.21. The van der Waals surface area contributed by atoms with E-state index >= 15 is 0 Å². The fraction of sp³-hybridized carbons (Fsp3) is 0.708. The van der Waals surface area contributed by atoms with Gasteiger partial charge in [-0.25, -0.2) is 0 Å². The molecule has 0 spiro atoms. The maximum absolute atomic E-state index is 4.04. The quantitative estimate of drug-likeness (QED) is 0.259. The topological polar surface area (TPSA) is 12.9 Å². The van der Waals surface area contributed by atoms with Crippen molar-refractivity contribution in [1.29, 1.82) is 0 Å². The average Bonchev–Trinajstić information content (AvgIpc) is 2.65. The normalized spacial score (nSPS) is 11.4. The second kappa shape index (κ2) is 17.7. The van der Waals surface area contributed by atoms with E-state index in [-0.39, 0.29) is 0 Å². The van der Waals surface area contributed by atoms with Crippen LogP contribution in [-0.2, 0) is 0 Å². The van der Waals surface area contributed by atoms with Crippen LogP contribution in [0.25, 0.3) is 6.08 Å². The Hall–Kier alpha value is -1.11. The van der Waals surface area contributed by atoms with Gasteiger partial charge in [-0.2, -0.15) is 0 Å². The molecule has 0 saturated carbocycles. The van der Waals surface area contributed by atoms with Crippen LogP contribution < -0.4 is 0 Å². The van der Waals surface area contributed by atoms with E-state index < -0.39 is 0 Å². The molecule has 0 N–H and O–H groups in total. The van der Waals surface area contributed by atoms with Gasteiger partial charge in [0.25, 0.3) is 0 Å². The Morgan fingerprint density at radius 2 is 1.08 bits per heavy atom. The van der Waals surface area contributed by atoms with Gasteiger partial charge in [-0.15, -0.1) is 0 Å². The van der Waals surface area contributed by atoms with E-state index in [2.05, 4.69) is 36.2 Å². The Morgan fingerprint density at radius 1 is 0.640 bits per heavy atom. The molecule has 0 aliphatic heterocycles. The predicted molar refractivity (Wildman–Crippen MR) is 113 cm³/mol. The largest absolute Gasteiger partial charge is 0.265 e. The lowest BCUT2D eigenvalue weighted by molar-refractivity contribution is 0.533. The van der Waals surface area contributed by atoms with Crippen molar-refractivity contribution in [2.45, 2.75) is 110 Å². The lowest BCUT2D eigenvalue weighted by atomic mass is 10.0. The number of unbranched alkanes of at least 4 members (excludes halogenated alkanes) is 15. The Labute approximate surface area is 157 Å². The summed E-state index contributed by atoms with van der Waals surface area (Å²) in [7, 11) is 0. The first-order chi connectivity index (χ1) is 12.4. The number of allylic oxidation sites excluding steroid dienone is 1. The summed E-state index contributed by atoms with van der Waals surface area (Å²) in [6.07, 6.45) is 31.0. The molecular weight excluding hydrogens is 302 g/mol. The maximum Gasteiger partial charge on any atom is 0.0273 e. The summed E-state index contributed by atoms with van der Waals surface area (Å²) in [6, 6.07) is 4.12. The summed E-state index contributed by atoms with van der Waals surface area (Å²) in [6.45, 7) is 2.29. The molecule has 25 heavy (non-hydrogen) atoms. The number of nitrogens with zero attached hydrogens (tertiary/aromatic N) is 1. The summed E-state index contributed by atoms with van der Waals surface area (Å²) in [4.78, 5) is 4.04. The van der Waals surface area contributed by atoms with Crippen LogP contribution in [0.4, 0.5) is 0 Å². The van der Waals surface area contributed by atoms with Crippen molar-refractivity contribution >= 4 is 6.08 Å². The fourth-order valence-corrected chi connectivity index (χ4v) is 3.33. The van der Waals surface area contributed by atoms with Crippen LogP contribution in [0.3, 0.4) is 0 Å². The summed E-state index contributed by atoms with van der Waals surface area (Å²) < 4.78 is 0. The molecule has 0 saturated heterocycles. The molecule has 0 aromatic carbocycles. The Kier molecular flexibility index (Phi) is 15.5. The fourth-order valence-electron chi connectivity index (χ4n) is 3.33. The summed E-state index contributed by atoms with van der Waals surface area (Å²) >= 11 is 0.